The molecule has 0 atom stereocenters. The average molecular weight is 198 g/mol. The van der Waals surface area contributed by atoms with Crippen LogP contribution in [0.4, 0.5) is 10.1 Å². The molecule has 0 fully saturated rings. The first-order chi connectivity index (χ1) is 6.59. The number of nitrogens with zero attached hydrogens (tertiary/aromatic N) is 1. The van der Waals surface area contributed by atoms with Crippen molar-refractivity contribution in [1.82, 2.24) is 5.16 Å². The number of benzene rings is 1. The minimum absolute atomic E-state index is 0.0388. The van der Waals surface area contributed by atoms with Crippen molar-refractivity contribution in [3.63, 3.8) is 0 Å². The lowest BCUT2D eigenvalue weighted by Crippen LogP contribution is -1.98. The summed E-state index contributed by atoms with van der Waals surface area (Å²) in [6.07, 6.45) is 0. The van der Waals surface area contributed by atoms with E-state index in [4.69, 9.17) is 0 Å². The van der Waals surface area contributed by atoms with Gasteiger partial charge < -0.3 is 4.52 Å². The topological polar surface area (TPSA) is 89.1 Å². The van der Waals surface area contributed by atoms with E-state index in [1.807, 2.05) is 5.16 Å². The summed E-state index contributed by atoms with van der Waals surface area (Å²) in [7, 11) is 0. The number of nitrogens with one attached hydrogen (secondary N) is 1. The largest absolute Gasteiger partial charge is 0.378 e. The van der Waals surface area contributed by atoms with Crippen molar-refractivity contribution in [2.24, 2.45) is 0 Å². The highest BCUT2D eigenvalue weighted by molar-refractivity contribution is 5.78. The van der Waals surface area contributed by atoms with E-state index in [0.29, 0.717) is 0 Å². The normalized spacial score (nSPS) is 10.6. The maximum absolute atomic E-state index is 13.0. The molecule has 0 aliphatic rings. The summed E-state index contributed by atoms with van der Waals surface area (Å²) in [5.41, 5.74) is -1.38. The Bertz CT molecular complexity index is 571. The maximum atomic E-state index is 13.0. The number of nitro groups is 1. The van der Waals surface area contributed by atoms with Gasteiger partial charge in [-0.1, -0.05) is 0 Å². The summed E-state index contributed by atoms with van der Waals surface area (Å²) in [6.45, 7) is 0. The third-order valence-corrected chi connectivity index (χ3v) is 1.74. The molecule has 2 rings (SSSR count). The van der Waals surface area contributed by atoms with Crippen molar-refractivity contribution >= 4 is 16.7 Å². The number of nitro benzene ring substituents is 1. The summed E-state index contributed by atoms with van der Waals surface area (Å²) in [5, 5.41) is 12.2. The number of rotatable bonds is 1. The first-order valence-electron chi connectivity index (χ1n) is 3.54. The second-order valence-electron chi connectivity index (χ2n) is 2.59. The molecule has 7 heteroatoms. The molecular weight excluding hydrogens is 195 g/mol. The van der Waals surface area contributed by atoms with Crippen LogP contribution < -0.4 is 5.56 Å². The zero-order valence-electron chi connectivity index (χ0n) is 6.61. The van der Waals surface area contributed by atoms with Gasteiger partial charge >= 0.3 is 5.69 Å². The summed E-state index contributed by atoms with van der Waals surface area (Å²) in [4.78, 5) is 20.3. The summed E-state index contributed by atoms with van der Waals surface area (Å²) >= 11 is 0. The van der Waals surface area contributed by atoms with E-state index in [-0.39, 0.29) is 11.0 Å². The Morgan fingerprint density at radius 3 is 2.86 bits per heavy atom. The molecule has 0 aliphatic heterocycles. The van der Waals surface area contributed by atoms with Gasteiger partial charge in [-0.3, -0.25) is 14.9 Å². The van der Waals surface area contributed by atoms with Gasteiger partial charge in [-0.05, 0) is 6.07 Å². The zero-order valence-corrected chi connectivity index (χ0v) is 6.61. The lowest BCUT2D eigenvalue weighted by molar-refractivity contribution is -0.387. The SMILES string of the molecule is O=c1[nH]oc2cc([N+](=O)[O-])c(F)cc12. The molecule has 1 heterocycles. The summed E-state index contributed by atoms with van der Waals surface area (Å²) in [6, 6.07) is 1.64. The van der Waals surface area contributed by atoms with Crippen LogP contribution in [0.5, 0.6) is 0 Å². The van der Waals surface area contributed by atoms with Crippen LogP contribution in [0.2, 0.25) is 0 Å². The molecule has 0 aliphatic carbocycles. The molecule has 0 saturated carbocycles. The van der Waals surface area contributed by atoms with Crippen molar-refractivity contribution in [3.8, 4) is 0 Å². The second-order valence-corrected chi connectivity index (χ2v) is 2.59. The molecule has 1 N–H and O–H groups in total. The van der Waals surface area contributed by atoms with Gasteiger partial charge in [0.1, 0.15) is 0 Å². The van der Waals surface area contributed by atoms with Gasteiger partial charge in [0.05, 0.1) is 16.4 Å². The second kappa shape index (κ2) is 2.66. The fraction of sp³-hybridized carbons (Fsp3) is 0. The molecule has 72 valence electrons. The van der Waals surface area contributed by atoms with E-state index < -0.39 is 22.0 Å². The molecule has 0 spiro atoms. The van der Waals surface area contributed by atoms with Crippen molar-refractivity contribution in [3.05, 3.63) is 38.4 Å². The highest BCUT2D eigenvalue weighted by atomic mass is 19.1. The lowest BCUT2D eigenvalue weighted by Gasteiger charge is -1.91. The third-order valence-electron chi connectivity index (χ3n) is 1.74. The molecule has 2 aromatic rings. The Kier molecular flexibility index (Phi) is 1.60. The van der Waals surface area contributed by atoms with E-state index in [0.717, 1.165) is 12.1 Å². The van der Waals surface area contributed by atoms with E-state index in [1.54, 1.807) is 0 Å². The smallest absolute Gasteiger partial charge is 0.308 e. The lowest BCUT2D eigenvalue weighted by atomic mass is 10.2. The van der Waals surface area contributed by atoms with E-state index in [1.165, 1.54) is 0 Å². The standard InChI is InChI=1S/C7H3FN2O4/c8-4-1-3-6(14-9-7(3)11)2-5(4)10(12)13/h1-2H,(H,9,11). The fourth-order valence-corrected chi connectivity index (χ4v) is 1.10. The Morgan fingerprint density at radius 1 is 1.50 bits per heavy atom. The van der Waals surface area contributed by atoms with Gasteiger partial charge in [0.25, 0.3) is 5.56 Å². The van der Waals surface area contributed by atoms with Crippen molar-refractivity contribution in [2.45, 2.75) is 0 Å². The van der Waals surface area contributed by atoms with Crippen LogP contribution in [0.15, 0.2) is 21.5 Å². The maximum Gasteiger partial charge on any atom is 0.308 e. The zero-order chi connectivity index (χ0) is 10.3. The predicted octanol–water partition coefficient (Wildman–Crippen LogP) is 1.17. The summed E-state index contributed by atoms with van der Waals surface area (Å²) in [5.74, 6) is -1.06. The molecule has 14 heavy (non-hydrogen) atoms. The predicted molar refractivity (Wildman–Crippen MR) is 43.4 cm³/mol. The average Bonchev–Trinajstić information content (AvgIpc) is 2.46. The van der Waals surface area contributed by atoms with Gasteiger partial charge in [0, 0.05) is 0 Å². The first-order valence-corrected chi connectivity index (χ1v) is 3.54. The van der Waals surface area contributed by atoms with Crippen LogP contribution in [0.3, 0.4) is 0 Å². The first kappa shape index (κ1) is 8.42. The van der Waals surface area contributed by atoms with E-state index >= 15 is 0 Å². The molecule has 0 bridgehead atoms. The molecule has 0 saturated heterocycles. The molecule has 0 amide bonds. The van der Waals surface area contributed by atoms with E-state index in [9.17, 15) is 19.3 Å². The number of aromatic amines is 1. The molecule has 1 aromatic carbocycles. The number of halogens is 1. The van der Waals surface area contributed by atoms with Crippen LogP contribution >= 0.6 is 0 Å². The van der Waals surface area contributed by atoms with Crippen LogP contribution in [0.1, 0.15) is 0 Å². The molecular formula is C7H3FN2O4. The van der Waals surface area contributed by atoms with Gasteiger partial charge in [-0.25, -0.2) is 0 Å². The van der Waals surface area contributed by atoms with E-state index in [2.05, 4.69) is 4.52 Å². The molecule has 1 aromatic heterocycles. The highest BCUT2D eigenvalue weighted by Crippen LogP contribution is 2.22. The van der Waals surface area contributed by atoms with Crippen LogP contribution in [0, 0.1) is 15.9 Å². The van der Waals surface area contributed by atoms with Gasteiger partial charge in [-0.2, -0.15) is 9.55 Å². The Morgan fingerprint density at radius 2 is 2.21 bits per heavy atom. The number of H-pyrrole nitrogens is 1. The van der Waals surface area contributed by atoms with Crippen LogP contribution in [-0.2, 0) is 0 Å². The van der Waals surface area contributed by atoms with Crippen molar-refractivity contribution in [2.75, 3.05) is 0 Å². The monoisotopic (exact) mass is 198 g/mol. The molecule has 0 unspecified atom stereocenters. The summed E-state index contributed by atoms with van der Waals surface area (Å²) < 4.78 is 17.6. The van der Waals surface area contributed by atoms with Crippen LogP contribution in [-0.4, -0.2) is 10.1 Å². The minimum Gasteiger partial charge on any atom is -0.378 e. The minimum atomic E-state index is -1.06. The number of hydrogen-bond acceptors (Lipinski definition) is 4. The number of fused-ring (bicyclic) bond motifs is 1. The van der Waals surface area contributed by atoms with Crippen molar-refractivity contribution < 1.29 is 13.8 Å². The molecule has 0 radical (unpaired) electrons. The van der Waals surface area contributed by atoms with Crippen LogP contribution in [0.25, 0.3) is 11.0 Å². The Balaban J connectivity index is 2.85. The quantitative estimate of drug-likeness (QED) is 0.550. The van der Waals surface area contributed by atoms with Gasteiger partial charge in [0.2, 0.25) is 5.82 Å². The Labute approximate surface area is 75.1 Å². The number of aromatic nitrogens is 1. The fourth-order valence-electron chi connectivity index (χ4n) is 1.10. The van der Waals surface area contributed by atoms with Crippen molar-refractivity contribution in [1.29, 1.82) is 0 Å². The van der Waals surface area contributed by atoms with Gasteiger partial charge in [-0.15, -0.1) is 0 Å². The highest BCUT2D eigenvalue weighted by Gasteiger charge is 2.18. The number of hydrogen-bond donors (Lipinski definition) is 1. The third kappa shape index (κ3) is 1.06. The Hall–Kier alpha value is -2.18. The van der Waals surface area contributed by atoms with Gasteiger partial charge in [0.15, 0.2) is 5.58 Å². The molecule has 6 nitrogen and oxygen atoms in total.